The van der Waals surface area contributed by atoms with Crippen LogP contribution < -0.4 is 5.32 Å². The second kappa shape index (κ2) is 11.1. The minimum atomic E-state index is -0.607. The van der Waals surface area contributed by atoms with Gasteiger partial charge in [0.1, 0.15) is 5.75 Å². The standard InChI is InChI=1S/C20H26N2O3.CH2O2/c1-13-14(2)19(24)9-8-18(13)15-6-5-7-16(10-15)20(25)21-11-17(23)12-22(3)4;2-1-3/h5-10,17,23-24H,11-12H2,1-4H3,(H,21,25);1H,(H,2,3). The van der Waals surface area contributed by atoms with Crippen LogP contribution in [0.25, 0.3) is 11.1 Å². The summed E-state index contributed by atoms with van der Waals surface area (Å²) < 4.78 is 0. The topological polar surface area (TPSA) is 110 Å². The number of carbonyl (C=O) groups excluding carboxylic acids is 1. The molecule has 0 fully saturated rings. The lowest BCUT2D eigenvalue weighted by Crippen LogP contribution is -2.37. The average molecular weight is 388 g/mol. The van der Waals surface area contributed by atoms with Gasteiger partial charge in [0.25, 0.3) is 12.4 Å². The number of phenolic OH excluding ortho intramolecular Hbond substituents is 1. The molecule has 0 spiro atoms. The van der Waals surface area contributed by atoms with Crippen LogP contribution >= 0.6 is 0 Å². The summed E-state index contributed by atoms with van der Waals surface area (Å²) in [6.07, 6.45) is -0.607. The van der Waals surface area contributed by atoms with Crippen molar-refractivity contribution in [2.24, 2.45) is 0 Å². The van der Waals surface area contributed by atoms with Gasteiger partial charge < -0.3 is 25.5 Å². The lowest BCUT2D eigenvalue weighted by Gasteiger charge is -2.16. The summed E-state index contributed by atoms with van der Waals surface area (Å²) in [7, 11) is 3.74. The third-order valence-corrected chi connectivity index (χ3v) is 4.27. The van der Waals surface area contributed by atoms with E-state index in [-0.39, 0.29) is 24.7 Å². The number of phenols is 1. The van der Waals surface area contributed by atoms with Gasteiger partial charge in [-0.25, -0.2) is 0 Å². The quantitative estimate of drug-likeness (QED) is 0.564. The van der Waals surface area contributed by atoms with Crippen molar-refractivity contribution in [3.63, 3.8) is 0 Å². The molecule has 2 rings (SSSR count). The molecule has 1 atom stereocenters. The zero-order valence-corrected chi connectivity index (χ0v) is 16.6. The van der Waals surface area contributed by atoms with Crippen molar-refractivity contribution in [1.29, 1.82) is 0 Å². The zero-order valence-electron chi connectivity index (χ0n) is 16.6. The number of likely N-dealkylation sites (N-methyl/N-ethyl adjacent to an activating group) is 1. The van der Waals surface area contributed by atoms with E-state index in [9.17, 15) is 15.0 Å². The minimum absolute atomic E-state index is 0.207. The Labute approximate surface area is 165 Å². The third kappa shape index (κ3) is 6.68. The summed E-state index contributed by atoms with van der Waals surface area (Å²) >= 11 is 0. The van der Waals surface area contributed by atoms with Gasteiger partial charge in [-0.05, 0) is 68.4 Å². The molecular formula is C21H28N2O5. The molecule has 1 amide bonds. The predicted octanol–water partition coefficient (Wildman–Crippen LogP) is 2.03. The Morgan fingerprint density at radius 3 is 2.43 bits per heavy atom. The molecule has 0 saturated carbocycles. The summed E-state index contributed by atoms with van der Waals surface area (Å²) in [4.78, 5) is 22.6. The molecule has 0 heterocycles. The lowest BCUT2D eigenvalue weighted by molar-refractivity contribution is -0.122. The molecule has 7 heteroatoms. The molecule has 28 heavy (non-hydrogen) atoms. The van der Waals surface area contributed by atoms with E-state index in [2.05, 4.69) is 5.32 Å². The number of carbonyl (C=O) groups is 2. The molecule has 4 N–H and O–H groups in total. The van der Waals surface area contributed by atoms with Crippen LogP contribution in [-0.2, 0) is 4.79 Å². The van der Waals surface area contributed by atoms with E-state index in [0.717, 1.165) is 22.3 Å². The Hall–Kier alpha value is -2.90. The molecule has 0 aliphatic heterocycles. The van der Waals surface area contributed by atoms with Crippen LogP contribution in [0.2, 0.25) is 0 Å². The highest BCUT2D eigenvalue weighted by Crippen LogP contribution is 2.30. The number of aromatic hydroxyl groups is 1. The maximum atomic E-state index is 12.3. The van der Waals surface area contributed by atoms with Gasteiger partial charge in [-0.15, -0.1) is 0 Å². The number of amides is 1. The van der Waals surface area contributed by atoms with Crippen molar-refractivity contribution in [3.8, 4) is 16.9 Å². The normalized spacial score (nSPS) is 11.4. The highest BCUT2D eigenvalue weighted by atomic mass is 16.3. The third-order valence-electron chi connectivity index (χ3n) is 4.27. The second-order valence-electron chi connectivity index (χ2n) is 6.69. The molecule has 2 aromatic carbocycles. The Bertz CT molecular complexity index is 805. The number of hydrogen-bond acceptors (Lipinski definition) is 5. The lowest BCUT2D eigenvalue weighted by atomic mass is 9.95. The smallest absolute Gasteiger partial charge is 0.290 e. The molecule has 152 valence electrons. The van der Waals surface area contributed by atoms with Crippen LogP contribution in [0.15, 0.2) is 36.4 Å². The van der Waals surface area contributed by atoms with Gasteiger partial charge in [0.05, 0.1) is 6.10 Å². The summed E-state index contributed by atoms with van der Waals surface area (Å²) in [5.74, 6) is 0.0536. The van der Waals surface area contributed by atoms with Gasteiger partial charge in [0.15, 0.2) is 0 Å². The molecule has 0 aliphatic rings. The van der Waals surface area contributed by atoms with E-state index in [1.807, 2.05) is 57.1 Å². The Morgan fingerprint density at radius 2 is 1.82 bits per heavy atom. The summed E-state index contributed by atoms with van der Waals surface area (Å²) in [6, 6.07) is 10.9. The first-order valence-corrected chi connectivity index (χ1v) is 8.79. The first-order chi connectivity index (χ1) is 13.2. The fourth-order valence-electron chi connectivity index (χ4n) is 2.75. The van der Waals surface area contributed by atoms with Crippen LogP contribution in [-0.4, -0.2) is 65.9 Å². The maximum absolute atomic E-state index is 12.3. The van der Waals surface area contributed by atoms with E-state index in [0.29, 0.717) is 12.1 Å². The van der Waals surface area contributed by atoms with Crippen LogP contribution in [0.5, 0.6) is 5.75 Å². The second-order valence-corrected chi connectivity index (χ2v) is 6.69. The van der Waals surface area contributed by atoms with E-state index < -0.39 is 6.10 Å². The predicted molar refractivity (Wildman–Crippen MR) is 109 cm³/mol. The van der Waals surface area contributed by atoms with E-state index in [1.54, 1.807) is 12.1 Å². The molecule has 0 saturated heterocycles. The SMILES string of the molecule is Cc1c(O)ccc(-c2cccc(C(=O)NCC(O)CN(C)C)c2)c1C.O=CO. The molecule has 1 unspecified atom stereocenters. The van der Waals surface area contributed by atoms with Crippen LogP contribution in [0.3, 0.4) is 0 Å². The highest BCUT2D eigenvalue weighted by molar-refractivity contribution is 5.95. The molecule has 0 bridgehead atoms. The minimum Gasteiger partial charge on any atom is -0.508 e. The molecule has 7 nitrogen and oxygen atoms in total. The first kappa shape index (κ1) is 23.1. The first-order valence-electron chi connectivity index (χ1n) is 8.79. The van der Waals surface area contributed by atoms with Gasteiger partial charge >= 0.3 is 0 Å². The van der Waals surface area contributed by atoms with Gasteiger partial charge in [0.2, 0.25) is 0 Å². The highest BCUT2D eigenvalue weighted by Gasteiger charge is 2.12. The number of rotatable bonds is 6. The van der Waals surface area contributed by atoms with Crippen molar-refractivity contribution in [2.75, 3.05) is 27.2 Å². The van der Waals surface area contributed by atoms with Gasteiger partial charge in [-0.1, -0.05) is 18.2 Å². The number of hydrogen-bond donors (Lipinski definition) is 4. The number of carboxylic acid groups (broad SMARTS) is 1. The molecule has 2 aromatic rings. The van der Waals surface area contributed by atoms with Crippen molar-refractivity contribution in [3.05, 3.63) is 53.1 Å². The van der Waals surface area contributed by atoms with Crippen molar-refractivity contribution >= 4 is 12.4 Å². The molecular weight excluding hydrogens is 360 g/mol. The number of nitrogens with one attached hydrogen (secondary N) is 1. The fourth-order valence-corrected chi connectivity index (χ4v) is 2.75. The summed E-state index contributed by atoms with van der Waals surface area (Å²) in [5, 5.41) is 29.3. The fraction of sp³-hybridized carbons (Fsp3) is 0.333. The number of nitrogens with zero attached hydrogens (tertiary/aromatic N) is 1. The van der Waals surface area contributed by atoms with Crippen molar-refractivity contribution in [2.45, 2.75) is 20.0 Å². The van der Waals surface area contributed by atoms with Gasteiger partial charge in [0, 0.05) is 18.7 Å². The zero-order chi connectivity index (χ0) is 21.3. The van der Waals surface area contributed by atoms with E-state index in [4.69, 9.17) is 9.90 Å². The summed E-state index contributed by atoms with van der Waals surface area (Å²) in [6.45, 7) is 4.27. The van der Waals surface area contributed by atoms with Crippen molar-refractivity contribution < 1.29 is 24.9 Å². The van der Waals surface area contributed by atoms with E-state index >= 15 is 0 Å². The molecule has 0 radical (unpaired) electrons. The monoisotopic (exact) mass is 388 g/mol. The maximum Gasteiger partial charge on any atom is 0.290 e. The van der Waals surface area contributed by atoms with Gasteiger partial charge in [-0.2, -0.15) is 0 Å². The van der Waals surface area contributed by atoms with Crippen LogP contribution in [0.1, 0.15) is 21.5 Å². The van der Waals surface area contributed by atoms with Crippen molar-refractivity contribution in [1.82, 2.24) is 10.2 Å². The Balaban J connectivity index is 0.00000122. The van der Waals surface area contributed by atoms with Crippen LogP contribution in [0.4, 0.5) is 0 Å². The van der Waals surface area contributed by atoms with Crippen LogP contribution in [0, 0.1) is 13.8 Å². The number of aliphatic hydroxyl groups is 1. The number of benzene rings is 2. The summed E-state index contributed by atoms with van der Waals surface area (Å²) in [5.41, 5.74) is 4.26. The average Bonchev–Trinajstić information content (AvgIpc) is 2.64. The Kier molecular flexibility index (Phi) is 9.14. The molecule has 0 aliphatic carbocycles. The largest absolute Gasteiger partial charge is 0.508 e. The Morgan fingerprint density at radius 1 is 1.18 bits per heavy atom. The van der Waals surface area contributed by atoms with Gasteiger partial charge in [-0.3, -0.25) is 9.59 Å². The molecule has 0 aromatic heterocycles. The number of aliphatic hydroxyl groups excluding tert-OH is 1. The van der Waals surface area contributed by atoms with E-state index in [1.165, 1.54) is 0 Å².